The van der Waals surface area contributed by atoms with Crippen molar-refractivity contribution in [1.82, 2.24) is 0 Å². The van der Waals surface area contributed by atoms with E-state index in [1.165, 1.54) is 29.0 Å². The Morgan fingerprint density at radius 1 is 0.971 bits per heavy atom. The van der Waals surface area contributed by atoms with E-state index < -0.39 is 21.8 Å². The van der Waals surface area contributed by atoms with Crippen molar-refractivity contribution in [3.05, 3.63) is 107 Å². The van der Waals surface area contributed by atoms with Gasteiger partial charge in [-0.2, -0.15) is 17.1 Å². The lowest BCUT2D eigenvalue weighted by Gasteiger charge is -2.56. The van der Waals surface area contributed by atoms with E-state index in [2.05, 4.69) is 20.9 Å². The smallest absolute Gasteiger partial charge is 0.370 e. The molecule has 3 aromatic carbocycles. The highest BCUT2D eigenvalue weighted by Crippen LogP contribution is 2.93. The maximum atomic E-state index is 13.3. The number of thiocyanates is 2. The van der Waals surface area contributed by atoms with Crippen molar-refractivity contribution < 1.29 is 17.9 Å². The third-order valence-electron chi connectivity index (χ3n) is 4.54. The molecule has 34 heavy (non-hydrogen) atoms. The largest absolute Gasteiger partial charge is 0.456 e. The summed E-state index contributed by atoms with van der Waals surface area (Å²) in [5.74, 6) is -0.732. The number of isothiocyanates is 1. The molecule has 0 saturated carbocycles. The number of nitriles is 2. The predicted octanol–water partition coefficient (Wildman–Crippen LogP) is 6.37. The summed E-state index contributed by atoms with van der Waals surface area (Å²) >= 11 is 4.63. The lowest BCUT2D eigenvalue weighted by Crippen LogP contribution is -2.34. The second-order valence-electron chi connectivity index (χ2n) is 6.73. The molecule has 0 fully saturated rings. The molecular weight excluding hydrogens is 472 g/mol. The van der Waals surface area contributed by atoms with Crippen molar-refractivity contribution in [2.24, 2.45) is 4.40 Å². The summed E-state index contributed by atoms with van der Waals surface area (Å²) < 4.78 is 23.5. The zero-order valence-electron chi connectivity index (χ0n) is 17.5. The van der Waals surface area contributed by atoms with Crippen molar-refractivity contribution >= 4 is 32.6 Å². The summed E-state index contributed by atoms with van der Waals surface area (Å²) in [5, 5.41) is 25.1. The van der Waals surface area contributed by atoms with Gasteiger partial charge in [-0.25, -0.2) is 8.98 Å². The van der Waals surface area contributed by atoms with E-state index in [1.54, 1.807) is 66.7 Å². The van der Waals surface area contributed by atoms with Gasteiger partial charge >= 0.3 is 5.97 Å². The molecule has 0 bridgehead atoms. The topological polar surface area (TPSA) is 109 Å². The van der Waals surface area contributed by atoms with Gasteiger partial charge in [-0.05, 0) is 46.4 Å². The van der Waals surface area contributed by atoms with E-state index in [0.717, 1.165) is 0 Å². The van der Waals surface area contributed by atoms with E-state index in [4.69, 9.17) is 19.7 Å². The summed E-state index contributed by atoms with van der Waals surface area (Å²) in [4.78, 5) is 13.3. The first-order valence-electron chi connectivity index (χ1n) is 9.56. The lowest BCUT2D eigenvalue weighted by atomic mass is 10.2. The number of carbonyl (C=O) groups excluding carboxylic acids is 1. The Morgan fingerprint density at radius 3 is 2.15 bits per heavy atom. The minimum absolute atomic E-state index is 0.0681. The first-order chi connectivity index (χ1) is 16.4. The Labute approximate surface area is 201 Å². The van der Waals surface area contributed by atoms with Gasteiger partial charge in [0.1, 0.15) is 32.9 Å². The molecule has 0 aromatic heterocycles. The number of thiocarbonyl (C=S) groups is 1. The van der Waals surface area contributed by atoms with Crippen LogP contribution in [0.2, 0.25) is 0 Å². The van der Waals surface area contributed by atoms with Crippen molar-refractivity contribution in [3.63, 3.8) is 0 Å². The van der Waals surface area contributed by atoms with Crippen molar-refractivity contribution in [2.75, 3.05) is 0 Å². The van der Waals surface area contributed by atoms with Gasteiger partial charge in [0, 0.05) is 0 Å². The monoisotopic (exact) mass is 488 g/mol. The second-order valence-corrected chi connectivity index (χ2v) is 10.5. The molecule has 0 amide bonds. The highest BCUT2D eigenvalue weighted by atomic mass is 32.4. The zero-order valence-corrected chi connectivity index (χ0v) is 19.2. The quantitative estimate of drug-likeness (QED) is 0.157. The highest BCUT2D eigenvalue weighted by molar-refractivity contribution is 8.65. The molecule has 0 aliphatic carbocycles. The molecule has 0 unspecified atom stereocenters. The molecule has 3 aromatic rings. The Hall–Kier alpha value is -4.49. The number of para-hydroxylation sites is 2. The van der Waals surface area contributed by atoms with Gasteiger partial charge < -0.3 is 4.74 Å². The van der Waals surface area contributed by atoms with E-state index in [0.29, 0.717) is 11.3 Å². The van der Waals surface area contributed by atoms with Gasteiger partial charge in [-0.3, -0.25) is 4.18 Å². The van der Waals surface area contributed by atoms with Crippen LogP contribution in [0.15, 0.2) is 89.3 Å². The molecule has 0 spiro atoms. The fourth-order valence-electron chi connectivity index (χ4n) is 2.75. The van der Waals surface area contributed by atoms with E-state index in [9.17, 15) is 15.3 Å². The van der Waals surface area contributed by atoms with E-state index in [-0.39, 0.29) is 11.3 Å². The van der Waals surface area contributed by atoms with Gasteiger partial charge in [0.15, 0.2) is 0 Å². The molecule has 0 aliphatic heterocycles. The van der Waals surface area contributed by atoms with Crippen LogP contribution in [0.4, 0.5) is 0 Å². The van der Waals surface area contributed by atoms with E-state index in [1.807, 2.05) is 5.16 Å². The van der Waals surface area contributed by atoms with E-state index >= 15 is 0 Å². The van der Waals surface area contributed by atoms with Crippen LogP contribution in [-0.2, 0) is 15.0 Å². The van der Waals surface area contributed by atoms with Gasteiger partial charge in [-0.15, -0.1) is 4.25 Å². The van der Waals surface area contributed by atoms with Crippen molar-refractivity contribution in [3.8, 4) is 22.3 Å². The molecule has 3 rings (SSSR count). The fraction of sp³-hybridized carbons (Fsp3) is 0.0417. The third-order valence-corrected chi connectivity index (χ3v) is 7.67. The van der Waals surface area contributed by atoms with Gasteiger partial charge in [0.25, 0.3) is 10.8 Å². The number of rotatable bonds is 8. The Balaban J connectivity index is 2.09. The lowest BCUT2D eigenvalue weighted by molar-refractivity contribution is 0.0716. The maximum Gasteiger partial charge on any atom is 0.370 e. The molecule has 0 N–H and O–H groups in total. The number of benzene rings is 3. The molecule has 8 nitrogen and oxygen atoms in total. The van der Waals surface area contributed by atoms with Gasteiger partial charge in [0.05, 0.1) is 5.16 Å². The minimum atomic E-state index is -6.42. The number of hydrogen-bond acceptors (Lipinski definition) is 8. The molecule has 0 radical (unpaired) electrons. The second kappa shape index (κ2) is 9.17. The first-order valence-corrected chi connectivity index (χ1v) is 12.2. The van der Waals surface area contributed by atoms with Crippen LogP contribution < -0.4 is 4.74 Å². The third kappa shape index (κ3) is 4.37. The first kappa shape index (κ1) is 24.2. The molecule has 10 heteroatoms. The number of carbonyl (C=O) groups is 1. The zero-order chi connectivity index (χ0) is 24.6. The molecule has 0 aliphatic rings. The van der Waals surface area contributed by atoms with Crippen LogP contribution >= 0.6 is 21.4 Å². The Morgan fingerprint density at radius 2 is 1.56 bits per heavy atom. The van der Waals surface area contributed by atoms with Crippen LogP contribution in [0.1, 0.15) is 15.9 Å². The van der Waals surface area contributed by atoms with Crippen LogP contribution in [0.3, 0.4) is 0 Å². The molecule has 0 saturated heterocycles. The maximum absolute atomic E-state index is 13.3. The normalized spacial score (nSPS) is 12.3. The molecule has 168 valence electrons. The Bertz CT molecular complexity index is 1380. The molecular formula is C24H16N4O4S2. The predicted molar refractivity (Wildman–Crippen MR) is 130 cm³/mol. The summed E-state index contributed by atoms with van der Waals surface area (Å²) in [6.45, 7) is 7.35. The number of hydrogen-bond donors (Lipinski definition) is 0. The minimum Gasteiger partial charge on any atom is -0.456 e. The van der Waals surface area contributed by atoms with Crippen molar-refractivity contribution in [1.29, 1.82) is 10.5 Å². The van der Waals surface area contributed by atoms with Crippen LogP contribution in [0.25, 0.3) is 4.25 Å². The summed E-state index contributed by atoms with van der Waals surface area (Å²) in [6, 6.07) is 23.0. The summed E-state index contributed by atoms with van der Waals surface area (Å²) in [7, 11) is -6.42. The molecule has 0 atom stereocenters. The average Bonchev–Trinajstić information content (AvgIpc) is 2.89. The Kier molecular flexibility index (Phi) is 6.51. The summed E-state index contributed by atoms with van der Waals surface area (Å²) in [5.41, 5.74) is 0.346. The van der Waals surface area contributed by atoms with Crippen molar-refractivity contribution in [2.45, 2.75) is 6.61 Å². The standard InChI is InChI=1S/C24H16N4O4S2/c1-27-34(17-25,18-26,28-19-33,30-16-20-10-4-2-5-11-20)32-24(29)22-14-8-9-15-23(22)31-21-12-6-3-7-13-21/h2-15H,16H2. The van der Waals surface area contributed by atoms with Gasteiger partial charge in [0.2, 0.25) is 0 Å². The summed E-state index contributed by atoms with van der Waals surface area (Å²) in [6.07, 6.45) is 0. The van der Waals surface area contributed by atoms with Crippen LogP contribution in [-0.4, -0.2) is 11.1 Å². The van der Waals surface area contributed by atoms with Crippen LogP contribution in [0.5, 0.6) is 11.5 Å². The average molecular weight is 489 g/mol. The van der Waals surface area contributed by atoms with Crippen LogP contribution in [0, 0.1) is 27.9 Å². The SMILES string of the molecule is [C-]#[N+]S(C#N)(C#N)(N=C=S)(OCc1ccccc1)OC(=O)c1ccccc1Oc1ccccc1. The molecule has 0 heterocycles. The fourth-order valence-corrected chi connectivity index (χ4v) is 4.92. The number of nitrogens with zero attached hydrogens (tertiary/aromatic N) is 4. The van der Waals surface area contributed by atoms with Gasteiger partial charge in [-0.1, -0.05) is 60.7 Å². The number of ether oxygens (including phenoxy) is 1. The highest BCUT2D eigenvalue weighted by Gasteiger charge is 2.65.